The van der Waals surface area contributed by atoms with Gasteiger partial charge in [-0.25, -0.2) is 4.79 Å². The summed E-state index contributed by atoms with van der Waals surface area (Å²) in [6.45, 7) is 7.66. The van der Waals surface area contributed by atoms with Crippen LogP contribution in [0.5, 0.6) is 0 Å². The molecule has 2 aromatic rings. The Morgan fingerprint density at radius 2 is 1.43 bits per heavy atom. The summed E-state index contributed by atoms with van der Waals surface area (Å²) in [4.78, 5) is 12.7. The first kappa shape index (κ1) is 17.5. The molecule has 1 heterocycles. The van der Waals surface area contributed by atoms with E-state index in [9.17, 15) is 4.79 Å². The van der Waals surface area contributed by atoms with Gasteiger partial charge in [-0.15, -0.1) is 0 Å². The van der Waals surface area contributed by atoms with Crippen molar-refractivity contribution in [1.82, 2.24) is 9.13 Å². The summed E-state index contributed by atoms with van der Waals surface area (Å²) in [6, 6.07) is 10.2. The Labute approximate surface area is 137 Å². The summed E-state index contributed by atoms with van der Waals surface area (Å²) in [5, 5.41) is 0. The minimum atomic E-state index is -0.0605. The van der Waals surface area contributed by atoms with Crippen molar-refractivity contribution in [2.75, 3.05) is 13.2 Å². The maximum atomic E-state index is 12.7. The van der Waals surface area contributed by atoms with E-state index in [0.717, 1.165) is 17.8 Å². The van der Waals surface area contributed by atoms with Crippen LogP contribution in [-0.4, -0.2) is 22.3 Å². The molecule has 2 rings (SSSR count). The molecule has 126 valence electrons. The van der Waals surface area contributed by atoms with Gasteiger partial charge < -0.3 is 9.47 Å². The largest absolute Gasteiger partial charge is 0.361 e. The quantitative estimate of drug-likeness (QED) is 0.714. The van der Waals surface area contributed by atoms with Crippen molar-refractivity contribution in [2.24, 2.45) is 0 Å². The number of benzene rings is 1. The molecule has 0 radical (unpaired) electrons. The third-order valence-corrected chi connectivity index (χ3v) is 3.84. The molecule has 0 saturated carbocycles. The van der Waals surface area contributed by atoms with Crippen LogP contribution in [0.4, 0.5) is 0 Å². The maximum absolute atomic E-state index is 12.7. The van der Waals surface area contributed by atoms with Gasteiger partial charge in [-0.2, -0.15) is 0 Å². The average Bonchev–Trinajstić information content (AvgIpc) is 2.82. The molecule has 0 aliphatic rings. The smallest absolute Gasteiger partial charge is 0.332 e. The summed E-state index contributed by atoms with van der Waals surface area (Å²) in [6.07, 6.45) is 1.50. The van der Waals surface area contributed by atoms with E-state index in [1.54, 1.807) is 9.13 Å². The predicted octanol–water partition coefficient (Wildman–Crippen LogP) is 2.79. The van der Waals surface area contributed by atoms with Crippen molar-refractivity contribution < 1.29 is 9.47 Å². The average molecular weight is 318 g/mol. The van der Waals surface area contributed by atoms with Crippen LogP contribution in [0.1, 0.15) is 37.7 Å². The number of ether oxygens (including phenoxy) is 2. The van der Waals surface area contributed by atoms with E-state index in [1.165, 1.54) is 5.56 Å². The molecule has 0 fully saturated rings. The van der Waals surface area contributed by atoms with Gasteiger partial charge in [-0.3, -0.25) is 9.13 Å². The predicted molar refractivity (Wildman–Crippen MR) is 90.6 cm³/mol. The van der Waals surface area contributed by atoms with E-state index < -0.39 is 0 Å². The highest BCUT2D eigenvalue weighted by molar-refractivity contribution is 5.26. The van der Waals surface area contributed by atoms with Crippen LogP contribution in [0.25, 0.3) is 0 Å². The number of nitrogens with zero attached hydrogens (tertiary/aromatic N) is 2. The summed E-state index contributed by atoms with van der Waals surface area (Å²) in [5.74, 6) is 0. The zero-order valence-corrected chi connectivity index (χ0v) is 14.2. The monoisotopic (exact) mass is 318 g/mol. The van der Waals surface area contributed by atoms with E-state index in [0.29, 0.717) is 26.4 Å². The van der Waals surface area contributed by atoms with Gasteiger partial charge >= 0.3 is 5.69 Å². The van der Waals surface area contributed by atoms with Gasteiger partial charge in [0.2, 0.25) is 0 Å². The molecule has 0 saturated heterocycles. The van der Waals surface area contributed by atoms with Crippen molar-refractivity contribution in [2.45, 2.75) is 47.1 Å². The first-order valence-electron chi connectivity index (χ1n) is 8.23. The Balaban J connectivity index is 2.45. The molecular weight excluding hydrogens is 292 g/mol. The first-order chi connectivity index (χ1) is 11.2. The number of rotatable bonds is 9. The van der Waals surface area contributed by atoms with Crippen molar-refractivity contribution in [3.8, 4) is 0 Å². The van der Waals surface area contributed by atoms with Crippen LogP contribution in [0.2, 0.25) is 0 Å². The van der Waals surface area contributed by atoms with Crippen molar-refractivity contribution >= 4 is 0 Å². The molecule has 23 heavy (non-hydrogen) atoms. The van der Waals surface area contributed by atoms with Crippen molar-refractivity contribution in [3.05, 3.63) is 57.8 Å². The van der Waals surface area contributed by atoms with Crippen LogP contribution in [0, 0.1) is 0 Å². The van der Waals surface area contributed by atoms with Gasteiger partial charge in [0.15, 0.2) is 0 Å². The Hall–Kier alpha value is -1.85. The van der Waals surface area contributed by atoms with Crippen LogP contribution in [0.3, 0.4) is 0 Å². The SMILES string of the molecule is CCOCn1c(CC)c(Cc2ccccc2)n(COCC)c1=O. The molecule has 5 nitrogen and oxygen atoms in total. The second kappa shape index (κ2) is 8.70. The Bertz CT molecular complexity index is 659. The highest BCUT2D eigenvalue weighted by atomic mass is 16.5. The highest BCUT2D eigenvalue weighted by Gasteiger charge is 2.18. The molecule has 0 aliphatic heterocycles. The van der Waals surface area contributed by atoms with Gasteiger partial charge in [0.05, 0.1) is 0 Å². The summed E-state index contributed by atoms with van der Waals surface area (Å²) < 4.78 is 14.4. The van der Waals surface area contributed by atoms with Crippen LogP contribution in [0.15, 0.2) is 35.1 Å². The molecule has 1 aromatic carbocycles. The third-order valence-electron chi connectivity index (χ3n) is 3.84. The molecule has 0 atom stereocenters. The minimum absolute atomic E-state index is 0.0605. The van der Waals surface area contributed by atoms with Crippen LogP contribution >= 0.6 is 0 Å². The zero-order valence-electron chi connectivity index (χ0n) is 14.2. The standard InChI is InChI=1S/C18H26N2O3/c1-4-16-17(12-15-10-8-7-9-11-15)20(14-23-6-3)18(21)19(16)13-22-5-2/h7-11H,4-6,12-14H2,1-3H3. The van der Waals surface area contributed by atoms with E-state index in [4.69, 9.17) is 9.47 Å². The number of hydrogen-bond donors (Lipinski definition) is 0. The normalized spacial score (nSPS) is 11.1. The fraction of sp³-hybridized carbons (Fsp3) is 0.500. The third kappa shape index (κ3) is 4.12. The Kier molecular flexibility index (Phi) is 6.62. The van der Waals surface area contributed by atoms with Crippen molar-refractivity contribution in [1.29, 1.82) is 0 Å². The van der Waals surface area contributed by atoms with Crippen LogP contribution in [-0.2, 0) is 35.8 Å². The Morgan fingerprint density at radius 1 is 0.870 bits per heavy atom. The molecule has 0 aliphatic carbocycles. The summed E-state index contributed by atoms with van der Waals surface area (Å²) in [5.41, 5.74) is 3.15. The van der Waals surface area contributed by atoms with E-state index in [1.807, 2.05) is 32.0 Å². The molecule has 0 spiro atoms. The summed E-state index contributed by atoms with van der Waals surface area (Å²) in [7, 11) is 0. The number of hydrogen-bond acceptors (Lipinski definition) is 3. The van der Waals surface area contributed by atoms with E-state index in [-0.39, 0.29) is 12.4 Å². The molecule has 5 heteroatoms. The lowest BCUT2D eigenvalue weighted by atomic mass is 10.1. The lowest BCUT2D eigenvalue weighted by Gasteiger charge is -2.10. The number of imidazole rings is 1. The molecule has 0 N–H and O–H groups in total. The van der Waals surface area contributed by atoms with E-state index >= 15 is 0 Å². The van der Waals surface area contributed by atoms with Gasteiger partial charge in [-0.1, -0.05) is 37.3 Å². The van der Waals surface area contributed by atoms with Gasteiger partial charge in [0.25, 0.3) is 0 Å². The minimum Gasteiger partial charge on any atom is -0.361 e. The fourth-order valence-corrected chi connectivity index (χ4v) is 2.70. The van der Waals surface area contributed by atoms with Gasteiger partial charge in [0, 0.05) is 31.0 Å². The van der Waals surface area contributed by atoms with Crippen molar-refractivity contribution in [3.63, 3.8) is 0 Å². The van der Waals surface area contributed by atoms with Gasteiger partial charge in [-0.05, 0) is 25.8 Å². The van der Waals surface area contributed by atoms with Crippen LogP contribution < -0.4 is 5.69 Å². The molecule has 0 bridgehead atoms. The highest BCUT2D eigenvalue weighted by Crippen LogP contribution is 2.15. The fourth-order valence-electron chi connectivity index (χ4n) is 2.70. The second-order valence-corrected chi connectivity index (χ2v) is 5.29. The molecular formula is C18H26N2O3. The second-order valence-electron chi connectivity index (χ2n) is 5.29. The van der Waals surface area contributed by atoms with E-state index in [2.05, 4.69) is 19.1 Å². The topological polar surface area (TPSA) is 45.4 Å². The lowest BCUT2D eigenvalue weighted by molar-refractivity contribution is 0.0727. The lowest BCUT2D eigenvalue weighted by Crippen LogP contribution is -2.27. The maximum Gasteiger partial charge on any atom is 0.332 e. The number of aromatic nitrogens is 2. The molecule has 0 unspecified atom stereocenters. The first-order valence-corrected chi connectivity index (χ1v) is 8.23. The molecule has 0 amide bonds. The summed E-state index contributed by atoms with van der Waals surface area (Å²) >= 11 is 0. The Morgan fingerprint density at radius 3 is 1.96 bits per heavy atom. The van der Waals surface area contributed by atoms with Gasteiger partial charge in [0.1, 0.15) is 13.5 Å². The zero-order chi connectivity index (χ0) is 16.7. The molecule has 1 aromatic heterocycles.